The largest absolute Gasteiger partial charge is 0.336 e. The molecule has 1 aliphatic rings. The molecular weight excluding hydrogens is 362 g/mol. The number of piperazine rings is 1. The average molecular weight is 387 g/mol. The number of aromatic nitrogens is 2. The molecule has 0 unspecified atom stereocenters. The van der Waals surface area contributed by atoms with Gasteiger partial charge in [0.25, 0.3) is 5.91 Å². The molecule has 4 rings (SSSR count). The minimum Gasteiger partial charge on any atom is -0.336 e. The van der Waals surface area contributed by atoms with Gasteiger partial charge in [-0.25, -0.2) is 9.97 Å². The van der Waals surface area contributed by atoms with Gasteiger partial charge in [0.2, 0.25) is 5.95 Å². The van der Waals surface area contributed by atoms with Crippen LogP contribution in [0.5, 0.6) is 0 Å². The molecular formula is C23H25N5O. The third kappa shape index (κ3) is 4.78. The number of nitrogens with one attached hydrogen (secondary N) is 1. The second-order valence-electron chi connectivity index (χ2n) is 7.29. The first kappa shape index (κ1) is 19.1. The lowest BCUT2D eigenvalue weighted by Crippen LogP contribution is -2.48. The molecule has 0 radical (unpaired) electrons. The van der Waals surface area contributed by atoms with Crippen molar-refractivity contribution in [1.82, 2.24) is 19.8 Å². The van der Waals surface area contributed by atoms with Crippen LogP contribution in [0, 0.1) is 6.92 Å². The van der Waals surface area contributed by atoms with E-state index in [0.717, 1.165) is 44.0 Å². The monoisotopic (exact) mass is 387 g/mol. The number of rotatable bonds is 5. The van der Waals surface area contributed by atoms with Gasteiger partial charge in [-0.1, -0.05) is 48.5 Å². The Morgan fingerprint density at radius 2 is 1.59 bits per heavy atom. The SMILES string of the molecule is Cc1ccccc1Nc1ncc(C(=O)N2CCN(Cc3ccccc3)CC2)cn1. The van der Waals surface area contributed by atoms with Crippen LogP contribution in [0.1, 0.15) is 21.5 Å². The molecule has 1 aliphatic heterocycles. The third-order valence-corrected chi connectivity index (χ3v) is 5.20. The van der Waals surface area contributed by atoms with E-state index in [4.69, 9.17) is 0 Å². The van der Waals surface area contributed by atoms with Gasteiger partial charge in [-0.2, -0.15) is 0 Å². The molecule has 0 spiro atoms. The van der Waals surface area contributed by atoms with Gasteiger partial charge < -0.3 is 10.2 Å². The van der Waals surface area contributed by atoms with E-state index >= 15 is 0 Å². The summed E-state index contributed by atoms with van der Waals surface area (Å²) in [6.07, 6.45) is 3.21. The molecule has 1 saturated heterocycles. The summed E-state index contributed by atoms with van der Waals surface area (Å²) in [6, 6.07) is 18.4. The highest BCUT2D eigenvalue weighted by Gasteiger charge is 2.22. The molecule has 148 valence electrons. The molecule has 29 heavy (non-hydrogen) atoms. The maximum atomic E-state index is 12.8. The van der Waals surface area contributed by atoms with Crippen molar-refractivity contribution < 1.29 is 4.79 Å². The van der Waals surface area contributed by atoms with Crippen molar-refractivity contribution in [2.24, 2.45) is 0 Å². The van der Waals surface area contributed by atoms with E-state index in [9.17, 15) is 4.79 Å². The highest BCUT2D eigenvalue weighted by atomic mass is 16.2. The van der Waals surface area contributed by atoms with Gasteiger partial charge in [-0.05, 0) is 24.1 Å². The van der Waals surface area contributed by atoms with Crippen LogP contribution >= 0.6 is 0 Å². The number of aryl methyl sites for hydroxylation is 1. The summed E-state index contributed by atoms with van der Waals surface area (Å²) in [7, 11) is 0. The summed E-state index contributed by atoms with van der Waals surface area (Å²) < 4.78 is 0. The molecule has 6 heteroatoms. The minimum absolute atomic E-state index is 0.00759. The van der Waals surface area contributed by atoms with Crippen molar-refractivity contribution in [3.05, 3.63) is 83.7 Å². The second-order valence-corrected chi connectivity index (χ2v) is 7.29. The maximum Gasteiger partial charge on any atom is 0.257 e. The molecule has 0 saturated carbocycles. The Morgan fingerprint density at radius 1 is 0.931 bits per heavy atom. The molecule has 2 aromatic carbocycles. The van der Waals surface area contributed by atoms with Gasteiger partial charge in [0.15, 0.2) is 0 Å². The Balaban J connectivity index is 1.32. The fourth-order valence-electron chi connectivity index (χ4n) is 3.47. The van der Waals surface area contributed by atoms with E-state index in [2.05, 4.69) is 44.5 Å². The number of nitrogens with zero attached hydrogens (tertiary/aromatic N) is 4. The Bertz CT molecular complexity index is 951. The van der Waals surface area contributed by atoms with E-state index in [1.165, 1.54) is 5.56 Å². The number of carbonyl (C=O) groups excluding carboxylic acids is 1. The number of anilines is 2. The van der Waals surface area contributed by atoms with Gasteiger partial charge in [0.1, 0.15) is 0 Å². The van der Waals surface area contributed by atoms with Gasteiger partial charge in [-0.15, -0.1) is 0 Å². The quantitative estimate of drug-likeness (QED) is 0.726. The number of hydrogen-bond acceptors (Lipinski definition) is 5. The number of amides is 1. The van der Waals surface area contributed by atoms with Crippen LogP contribution in [-0.4, -0.2) is 51.9 Å². The Morgan fingerprint density at radius 3 is 2.28 bits per heavy atom. The highest BCUT2D eigenvalue weighted by Crippen LogP contribution is 2.17. The maximum absolute atomic E-state index is 12.8. The van der Waals surface area contributed by atoms with Crippen LogP contribution in [-0.2, 0) is 6.54 Å². The molecule has 1 aromatic heterocycles. The first-order chi connectivity index (χ1) is 14.2. The number of para-hydroxylation sites is 1. The second kappa shape index (κ2) is 8.84. The van der Waals surface area contributed by atoms with Gasteiger partial charge in [0, 0.05) is 50.8 Å². The number of carbonyl (C=O) groups is 1. The fraction of sp³-hybridized carbons (Fsp3) is 0.261. The predicted molar refractivity (Wildman–Crippen MR) is 114 cm³/mol. The van der Waals surface area contributed by atoms with Crippen LogP contribution in [0.15, 0.2) is 67.0 Å². The molecule has 0 aliphatic carbocycles. The molecule has 0 bridgehead atoms. The van der Waals surface area contributed by atoms with Gasteiger partial charge in [0.05, 0.1) is 5.56 Å². The standard InChI is InChI=1S/C23H25N5O/c1-18-7-5-6-10-21(18)26-23-24-15-20(16-25-23)22(29)28-13-11-27(12-14-28)17-19-8-3-2-4-9-19/h2-10,15-16H,11-14,17H2,1H3,(H,24,25,26). The average Bonchev–Trinajstić information content (AvgIpc) is 2.77. The zero-order chi connectivity index (χ0) is 20.1. The van der Waals surface area contributed by atoms with Crippen molar-refractivity contribution in [3.8, 4) is 0 Å². The fourth-order valence-corrected chi connectivity index (χ4v) is 3.47. The molecule has 3 aromatic rings. The Labute approximate surface area is 171 Å². The van der Waals surface area contributed by atoms with Crippen molar-refractivity contribution in [3.63, 3.8) is 0 Å². The van der Waals surface area contributed by atoms with Crippen LogP contribution < -0.4 is 5.32 Å². The number of hydrogen-bond donors (Lipinski definition) is 1. The van der Waals surface area contributed by atoms with Crippen molar-refractivity contribution >= 4 is 17.5 Å². The molecule has 2 heterocycles. The van der Waals surface area contributed by atoms with Crippen LogP contribution in [0.3, 0.4) is 0 Å². The highest BCUT2D eigenvalue weighted by molar-refractivity contribution is 5.93. The molecule has 6 nitrogen and oxygen atoms in total. The lowest BCUT2D eigenvalue weighted by Gasteiger charge is -2.34. The first-order valence-electron chi connectivity index (χ1n) is 9.89. The molecule has 0 atom stereocenters. The van der Waals surface area contributed by atoms with Gasteiger partial charge in [-0.3, -0.25) is 9.69 Å². The summed E-state index contributed by atoms with van der Waals surface area (Å²) in [5.74, 6) is 0.482. The van der Waals surface area contributed by atoms with Crippen LogP contribution in [0.4, 0.5) is 11.6 Å². The van der Waals surface area contributed by atoms with E-state index in [-0.39, 0.29) is 5.91 Å². The van der Waals surface area contributed by atoms with Gasteiger partial charge >= 0.3 is 0 Å². The third-order valence-electron chi connectivity index (χ3n) is 5.20. The smallest absolute Gasteiger partial charge is 0.257 e. The molecule has 1 N–H and O–H groups in total. The van der Waals surface area contributed by atoms with E-state index in [1.54, 1.807) is 12.4 Å². The van der Waals surface area contributed by atoms with Crippen molar-refractivity contribution in [2.45, 2.75) is 13.5 Å². The van der Waals surface area contributed by atoms with Crippen LogP contribution in [0.2, 0.25) is 0 Å². The van der Waals surface area contributed by atoms with Crippen molar-refractivity contribution in [2.75, 3.05) is 31.5 Å². The summed E-state index contributed by atoms with van der Waals surface area (Å²) in [6.45, 7) is 6.12. The Kier molecular flexibility index (Phi) is 5.81. The van der Waals surface area contributed by atoms with Crippen molar-refractivity contribution in [1.29, 1.82) is 0 Å². The lowest BCUT2D eigenvalue weighted by atomic mass is 10.2. The molecule has 1 amide bonds. The van der Waals surface area contributed by atoms with E-state index < -0.39 is 0 Å². The molecule has 1 fully saturated rings. The normalized spacial score (nSPS) is 14.6. The van der Waals surface area contributed by atoms with E-state index in [1.807, 2.05) is 42.2 Å². The Hall–Kier alpha value is -3.25. The summed E-state index contributed by atoms with van der Waals surface area (Å²) in [4.78, 5) is 25.7. The van der Waals surface area contributed by atoms with Crippen LogP contribution in [0.25, 0.3) is 0 Å². The number of benzene rings is 2. The summed E-state index contributed by atoms with van der Waals surface area (Å²) >= 11 is 0. The minimum atomic E-state index is -0.00759. The lowest BCUT2D eigenvalue weighted by molar-refractivity contribution is 0.0627. The zero-order valence-electron chi connectivity index (χ0n) is 16.6. The summed E-state index contributed by atoms with van der Waals surface area (Å²) in [5.41, 5.74) is 3.90. The van der Waals surface area contributed by atoms with E-state index in [0.29, 0.717) is 11.5 Å². The summed E-state index contributed by atoms with van der Waals surface area (Å²) in [5, 5.41) is 3.19. The predicted octanol–water partition coefficient (Wildman–Crippen LogP) is 3.49. The zero-order valence-corrected chi connectivity index (χ0v) is 16.6. The first-order valence-corrected chi connectivity index (χ1v) is 9.89. The topological polar surface area (TPSA) is 61.4 Å².